The van der Waals surface area contributed by atoms with Gasteiger partial charge in [-0.05, 0) is 62.1 Å². The lowest BCUT2D eigenvalue weighted by molar-refractivity contribution is -0.140. The molecule has 1 aromatic carbocycles. The van der Waals surface area contributed by atoms with E-state index in [1.165, 1.54) is 5.56 Å². The van der Waals surface area contributed by atoms with Gasteiger partial charge < -0.3 is 10.2 Å². The lowest BCUT2D eigenvalue weighted by atomic mass is 9.75. The summed E-state index contributed by atoms with van der Waals surface area (Å²) in [7, 11) is 0. The summed E-state index contributed by atoms with van der Waals surface area (Å²) in [6, 6.07) is 4.17. The minimum absolute atomic E-state index is 0.175. The third-order valence-corrected chi connectivity index (χ3v) is 4.89. The van der Waals surface area contributed by atoms with Crippen molar-refractivity contribution >= 4 is 5.97 Å². The van der Waals surface area contributed by atoms with Gasteiger partial charge in [0.15, 0.2) is 0 Å². The van der Waals surface area contributed by atoms with E-state index in [9.17, 15) is 15.0 Å². The number of carboxylic acid groups (broad SMARTS) is 1. The standard InChI is InChI=1S/C18H26O3/c1-12-8-13(2)17(14(3)9-12)15(19)10-18(11-16(20)21)6-4-5-7-18/h8-9,15,19H,4-7,10-11H2,1-3H3,(H,20,21). The van der Waals surface area contributed by atoms with Crippen LogP contribution >= 0.6 is 0 Å². The van der Waals surface area contributed by atoms with Crippen LogP contribution in [0.25, 0.3) is 0 Å². The highest BCUT2D eigenvalue weighted by molar-refractivity contribution is 5.67. The molecule has 0 aliphatic heterocycles. The predicted molar refractivity (Wildman–Crippen MR) is 83.4 cm³/mol. The minimum Gasteiger partial charge on any atom is -0.481 e. The lowest BCUT2D eigenvalue weighted by Gasteiger charge is -2.31. The first-order valence-electron chi connectivity index (χ1n) is 7.81. The fourth-order valence-corrected chi connectivity index (χ4v) is 4.13. The van der Waals surface area contributed by atoms with Crippen molar-refractivity contribution < 1.29 is 15.0 Å². The molecule has 1 atom stereocenters. The smallest absolute Gasteiger partial charge is 0.303 e. The van der Waals surface area contributed by atoms with E-state index in [1.54, 1.807) is 0 Å². The van der Waals surface area contributed by atoms with Crippen LogP contribution in [0.4, 0.5) is 0 Å². The molecule has 3 heteroatoms. The van der Waals surface area contributed by atoms with Crippen molar-refractivity contribution in [3.05, 3.63) is 34.4 Å². The highest BCUT2D eigenvalue weighted by atomic mass is 16.4. The maximum absolute atomic E-state index is 11.2. The molecule has 0 bridgehead atoms. The molecule has 2 rings (SSSR count). The van der Waals surface area contributed by atoms with E-state index in [-0.39, 0.29) is 11.8 Å². The fourth-order valence-electron chi connectivity index (χ4n) is 4.13. The molecule has 3 nitrogen and oxygen atoms in total. The molecule has 0 saturated heterocycles. The van der Waals surface area contributed by atoms with E-state index in [2.05, 4.69) is 19.1 Å². The average Bonchev–Trinajstić information content (AvgIpc) is 2.74. The Morgan fingerprint density at radius 1 is 1.19 bits per heavy atom. The normalized spacial score (nSPS) is 18.7. The van der Waals surface area contributed by atoms with Crippen LogP contribution in [0.5, 0.6) is 0 Å². The number of carboxylic acids is 1. The van der Waals surface area contributed by atoms with Gasteiger partial charge in [0.25, 0.3) is 0 Å². The molecule has 1 aliphatic carbocycles. The molecule has 0 spiro atoms. The molecule has 0 aromatic heterocycles. The van der Waals surface area contributed by atoms with E-state index in [0.717, 1.165) is 42.4 Å². The van der Waals surface area contributed by atoms with Crippen LogP contribution in [0.3, 0.4) is 0 Å². The first-order valence-corrected chi connectivity index (χ1v) is 7.81. The predicted octanol–water partition coefficient (Wildman–Crippen LogP) is 4.07. The Kier molecular flexibility index (Phi) is 4.72. The van der Waals surface area contributed by atoms with Gasteiger partial charge in [0.1, 0.15) is 0 Å². The van der Waals surface area contributed by atoms with Gasteiger partial charge in [0.05, 0.1) is 12.5 Å². The zero-order valence-corrected chi connectivity index (χ0v) is 13.3. The summed E-state index contributed by atoms with van der Waals surface area (Å²) in [5.74, 6) is -0.749. The number of carbonyl (C=O) groups is 1. The van der Waals surface area contributed by atoms with Crippen molar-refractivity contribution in [3.8, 4) is 0 Å². The molecule has 1 aromatic rings. The largest absolute Gasteiger partial charge is 0.481 e. The van der Waals surface area contributed by atoms with E-state index in [1.807, 2.05) is 13.8 Å². The fraction of sp³-hybridized carbons (Fsp3) is 0.611. The number of aliphatic hydroxyl groups is 1. The van der Waals surface area contributed by atoms with E-state index in [4.69, 9.17) is 0 Å². The molecule has 1 unspecified atom stereocenters. The maximum Gasteiger partial charge on any atom is 0.303 e. The Labute approximate surface area is 127 Å². The Morgan fingerprint density at radius 3 is 2.19 bits per heavy atom. The van der Waals surface area contributed by atoms with Gasteiger partial charge in [-0.2, -0.15) is 0 Å². The lowest BCUT2D eigenvalue weighted by Crippen LogP contribution is -2.24. The van der Waals surface area contributed by atoms with Gasteiger partial charge in [0, 0.05) is 0 Å². The summed E-state index contributed by atoms with van der Waals surface area (Å²) in [6.07, 6.45) is 4.15. The summed E-state index contributed by atoms with van der Waals surface area (Å²) < 4.78 is 0. The van der Waals surface area contributed by atoms with E-state index >= 15 is 0 Å². The van der Waals surface area contributed by atoms with Gasteiger partial charge in [0.2, 0.25) is 0 Å². The number of aliphatic hydroxyl groups excluding tert-OH is 1. The van der Waals surface area contributed by atoms with Gasteiger partial charge in [-0.1, -0.05) is 30.5 Å². The molecule has 1 saturated carbocycles. The van der Waals surface area contributed by atoms with Gasteiger partial charge in [-0.25, -0.2) is 0 Å². The van der Waals surface area contributed by atoms with Crippen LogP contribution in [-0.4, -0.2) is 16.2 Å². The zero-order valence-electron chi connectivity index (χ0n) is 13.3. The van der Waals surface area contributed by atoms with Crippen molar-refractivity contribution in [2.24, 2.45) is 5.41 Å². The average molecular weight is 290 g/mol. The van der Waals surface area contributed by atoms with Crippen molar-refractivity contribution in [2.45, 2.75) is 65.4 Å². The molecular formula is C18H26O3. The van der Waals surface area contributed by atoms with Crippen molar-refractivity contribution in [2.75, 3.05) is 0 Å². The third-order valence-electron chi connectivity index (χ3n) is 4.89. The second-order valence-corrected chi connectivity index (χ2v) is 6.81. The topological polar surface area (TPSA) is 57.5 Å². The quantitative estimate of drug-likeness (QED) is 0.859. The van der Waals surface area contributed by atoms with Crippen LogP contribution in [0.2, 0.25) is 0 Å². The number of benzene rings is 1. The van der Waals surface area contributed by atoms with Crippen molar-refractivity contribution in [1.82, 2.24) is 0 Å². The minimum atomic E-state index is -0.749. The van der Waals surface area contributed by atoms with E-state index in [0.29, 0.717) is 6.42 Å². The van der Waals surface area contributed by atoms with Crippen molar-refractivity contribution in [3.63, 3.8) is 0 Å². The third kappa shape index (κ3) is 3.65. The molecular weight excluding hydrogens is 264 g/mol. The monoisotopic (exact) mass is 290 g/mol. The summed E-state index contributed by atoms with van der Waals surface area (Å²) >= 11 is 0. The Morgan fingerprint density at radius 2 is 1.71 bits per heavy atom. The number of hydrogen-bond acceptors (Lipinski definition) is 2. The molecule has 1 aliphatic rings. The molecule has 1 fully saturated rings. The van der Waals surface area contributed by atoms with Gasteiger partial charge >= 0.3 is 5.97 Å². The second kappa shape index (κ2) is 6.18. The molecule has 0 heterocycles. The first kappa shape index (κ1) is 16.0. The summed E-state index contributed by atoms with van der Waals surface area (Å²) in [6.45, 7) is 6.10. The molecule has 116 valence electrons. The Balaban J connectivity index is 2.23. The number of rotatable bonds is 5. The summed E-state index contributed by atoms with van der Waals surface area (Å²) in [5, 5.41) is 19.9. The number of hydrogen-bond donors (Lipinski definition) is 2. The summed E-state index contributed by atoms with van der Waals surface area (Å²) in [4.78, 5) is 11.2. The van der Waals surface area contributed by atoms with Crippen LogP contribution in [-0.2, 0) is 4.79 Å². The zero-order chi connectivity index (χ0) is 15.6. The SMILES string of the molecule is Cc1cc(C)c(C(O)CC2(CC(=O)O)CCCC2)c(C)c1. The van der Waals surface area contributed by atoms with Gasteiger partial charge in [-0.15, -0.1) is 0 Å². The molecule has 21 heavy (non-hydrogen) atoms. The molecule has 0 radical (unpaired) electrons. The van der Waals surface area contributed by atoms with Crippen molar-refractivity contribution in [1.29, 1.82) is 0 Å². The number of aryl methyl sites for hydroxylation is 3. The van der Waals surface area contributed by atoms with Crippen LogP contribution < -0.4 is 0 Å². The van der Waals surface area contributed by atoms with E-state index < -0.39 is 12.1 Å². The summed E-state index contributed by atoms with van der Waals surface area (Å²) in [5.41, 5.74) is 4.15. The van der Waals surface area contributed by atoms with Crippen LogP contribution in [0, 0.1) is 26.2 Å². The highest BCUT2D eigenvalue weighted by Gasteiger charge is 2.38. The molecule has 2 N–H and O–H groups in total. The Bertz CT molecular complexity index is 504. The Hall–Kier alpha value is -1.35. The maximum atomic E-state index is 11.2. The first-order chi connectivity index (χ1) is 9.83. The highest BCUT2D eigenvalue weighted by Crippen LogP contribution is 2.47. The van der Waals surface area contributed by atoms with Crippen LogP contribution in [0.1, 0.15) is 66.9 Å². The molecule has 0 amide bonds. The second-order valence-electron chi connectivity index (χ2n) is 6.81. The number of aliphatic carboxylic acids is 1. The van der Waals surface area contributed by atoms with Gasteiger partial charge in [-0.3, -0.25) is 4.79 Å². The van der Waals surface area contributed by atoms with Crippen LogP contribution in [0.15, 0.2) is 12.1 Å².